The molecule has 4 aliphatic heterocycles. The maximum absolute atomic E-state index is 13.2. The Labute approximate surface area is 282 Å². The number of piperidine rings is 1. The topological polar surface area (TPSA) is 162 Å². The van der Waals surface area contributed by atoms with E-state index in [1.54, 1.807) is 18.2 Å². The van der Waals surface area contributed by atoms with Crippen molar-refractivity contribution in [2.75, 3.05) is 39.5 Å². The quantitative estimate of drug-likeness (QED) is 0.304. The summed E-state index contributed by atoms with van der Waals surface area (Å²) in [6.07, 6.45) is 4.41. The average molecular weight is 667 g/mol. The van der Waals surface area contributed by atoms with E-state index in [9.17, 15) is 19.2 Å². The molecule has 2 aromatic carbocycles. The van der Waals surface area contributed by atoms with E-state index >= 15 is 0 Å². The second-order valence-corrected chi connectivity index (χ2v) is 13.6. The van der Waals surface area contributed by atoms with Crippen LogP contribution in [-0.4, -0.2) is 112 Å². The summed E-state index contributed by atoms with van der Waals surface area (Å²) in [7, 11) is 0. The van der Waals surface area contributed by atoms with Gasteiger partial charge in [-0.1, -0.05) is 0 Å². The van der Waals surface area contributed by atoms with Gasteiger partial charge in [-0.2, -0.15) is 5.10 Å². The van der Waals surface area contributed by atoms with Crippen molar-refractivity contribution >= 4 is 46.1 Å². The van der Waals surface area contributed by atoms with Crippen molar-refractivity contribution in [3.63, 3.8) is 0 Å². The van der Waals surface area contributed by atoms with Gasteiger partial charge in [-0.15, -0.1) is 0 Å². The van der Waals surface area contributed by atoms with Crippen LogP contribution in [0.25, 0.3) is 16.6 Å². The van der Waals surface area contributed by atoms with Gasteiger partial charge in [0, 0.05) is 50.1 Å². The lowest BCUT2D eigenvalue weighted by molar-refractivity contribution is -0.136. The highest BCUT2D eigenvalue weighted by atomic mass is 16.5. The second-order valence-electron chi connectivity index (χ2n) is 13.6. The number of imide groups is 2. The zero-order valence-electron chi connectivity index (χ0n) is 27.5. The number of amides is 4. The van der Waals surface area contributed by atoms with E-state index in [-0.39, 0.29) is 35.6 Å². The van der Waals surface area contributed by atoms with E-state index in [1.165, 1.54) is 0 Å². The number of carbonyl (C=O) groups excluding carboxylic acids is 4. The number of rotatable bonds is 8. The molecule has 0 spiro atoms. The van der Waals surface area contributed by atoms with E-state index in [1.807, 2.05) is 12.1 Å². The van der Waals surface area contributed by atoms with Crippen molar-refractivity contribution in [1.82, 2.24) is 35.5 Å². The average Bonchev–Trinajstić information content (AvgIpc) is 3.57. The van der Waals surface area contributed by atoms with Crippen LogP contribution in [0.3, 0.4) is 0 Å². The maximum atomic E-state index is 13.2. The van der Waals surface area contributed by atoms with Crippen molar-refractivity contribution in [2.24, 2.45) is 4.99 Å². The Hall–Kier alpha value is -5.24. The number of aromatic amines is 1. The molecule has 1 unspecified atom stereocenters. The molecule has 2 atom stereocenters. The zero-order valence-corrected chi connectivity index (χ0v) is 27.5. The summed E-state index contributed by atoms with van der Waals surface area (Å²) in [5.74, 6) is 0.133. The molecular weight excluding hydrogens is 628 g/mol. The normalized spacial score (nSPS) is 23.6. The molecule has 5 aliphatic rings. The summed E-state index contributed by atoms with van der Waals surface area (Å²) in [6, 6.07) is 10.1. The molecule has 1 saturated carbocycles. The van der Waals surface area contributed by atoms with Crippen LogP contribution in [0, 0.1) is 0 Å². The summed E-state index contributed by atoms with van der Waals surface area (Å²) in [6.45, 7) is 8.29. The molecule has 4 amide bonds. The molecule has 3 aromatic rings. The van der Waals surface area contributed by atoms with Crippen molar-refractivity contribution < 1.29 is 28.7 Å². The van der Waals surface area contributed by atoms with Gasteiger partial charge in [-0.3, -0.25) is 39.4 Å². The minimum atomic E-state index is -0.999. The van der Waals surface area contributed by atoms with Crippen molar-refractivity contribution in [1.29, 1.82) is 0 Å². The van der Waals surface area contributed by atoms with Crippen LogP contribution in [0.5, 0.6) is 11.5 Å². The molecule has 14 heteroatoms. The third-order valence-corrected chi connectivity index (χ3v) is 10.0. The number of hydrogen-bond donors (Lipinski definition) is 3. The van der Waals surface area contributed by atoms with Crippen LogP contribution in [-0.2, 0) is 9.59 Å². The smallest absolute Gasteiger partial charge is 0.262 e. The van der Waals surface area contributed by atoms with E-state index in [2.05, 4.69) is 56.6 Å². The number of ether oxygens (including phenoxy) is 2. The first-order valence-corrected chi connectivity index (χ1v) is 16.8. The van der Waals surface area contributed by atoms with E-state index in [0.29, 0.717) is 25.6 Å². The summed E-state index contributed by atoms with van der Waals surface area (Å²) in [5.41, 5.74) is 3.09. The highest BCUT2D eigenvalue weighted by molar-refractivity contribution is 6.23. The molecule has 0 bridgehead atoms. The van der Waals surface area contributed by atoms with Gasteiger partial charge in [0.1, 0.15) is 47.9 Å². The van der Waals surface area contributed by atoms with E-state index in [4.69, 9.17) is 14.5 Å². The number of nitrogens with zero attached hydrogens (tertiary/aromatic N) is 5. The number of nitrogens with one attached hydrogen (secondary N) is 3. The van der Waals surface area contributed by atoms with Crippen LogP contribution in [0.2, 0.25) is 0 Å². The van der Waals surface area contributed by atoms with Gasteiger partial charge in [-0.05, 0) is 69.5 Å². The molecule has 2 saturated heterocycles. The summed E-state index contributed by atoms with van der Waals surface area (Å²) in [4.78, 5) is 60.4. The maximum Gasteiger partial charge on any atom is 0.262 e. The number of amidine groups is 1. The van der Waals surface area contributed by atoms with E-state index in [0.717, 1.165) is 71.3 Å². The standard InChI is InChI=1S/C35H38N8O6/c1-20-18-42(29-17-27(36-19-37-29)31-25-16-22(49-35(2)9-10-35)4-6-26(25)39-40-31)12-11-41(20)13-14-48-21-3-5-23-24(15-21)34(47)43(33(23)46)28-7-8-30(44)38-32(28)45/h3-6,15-17,20,28,36H,7-14,18-19H2,1-2H3,(H,39,40)(H,38,44,45)/t20-,28?/m0/s1. The van der Waals surface area contributed by atoms with Gasteiger partial charge in [0.25, 0.3) is 11.8 Å². The van der Waals surface area contributed by atoms with Gasteiger partial charge in [0.05, 0.1) is 22.3 Å². The minimum absolute atomic E-state index is 0.0577. The summed E-state index contributed by atoms with van der Waals surface area (Å²) >= 11 is 0. The third-order valence-electron chi connectivity index (χ3n) is 10.0. The number of carbonyl (C=O) groups is 4. The summed E-state index contributed by atoms with van der Waals surface area (Å²) < 4.78 is 12.2. The van der Waals surface area contributed by atoms with Gasteiger partial charge >= 0.3 is 0 Å². The van der Waals surface area contributed by atoms with Crippen molar-refractivity contribution in [2.45, 2.75) is 57.2 Å². The van der Waals surface area contributed by atoms with Crippen molar-refractivity contribution in [3.8, 4) is 11.5 Å². The molecule has 1 aliphatic carbocycles. The molecular formula is C35H38N8O6. The van der Waals surface area contributed by atoms with Gasteiger partial charge in [0.15, 0.2) is 0 Å². The van der Waals surface area contributed by atoms with Crippen LogP contribution in [0.4, 0.5) is 0 Å². The van der Waals surface area contributed by atoms with E-state index < -0.39 is 29.7 Å². The first kappa shape index (κ1) is 31.1. The molecule has 49 heavy (non-hydrogen) atoms. The SMILES string of the molecule is C[C@H]1CN(C2=NCNC(c3n[nH]c4ccc(OC5(C)CC5)cc34)=C2)CCN1CCOc1ccc2c(c1)C(=O)N(C1CCC(=O)NC1=O)C2=O. The number of piperazine rings is 1. The Morgan fingerprint density at radius 2 is 1.82 bits per heavy atom. The molecule has 14 nitrogen and oxygen atoms in total. The second kappa shape index (κ2) is 12.0. The summed E-state index contributed by atoms with van der Waals surface area (Å²) in [5, 5.41) is 14.4. The lowest BCUT2D eigenvalue weighted by Gasteiger charge is -2.41. The fourth-order valence-electron chi connectivity index (χ4n) is 6.96. The van der Waals surface area contributed by atoms with Gasteiger partial charge in [-0.25, -0.2) is 4.99 Å². The lowest BCUT2D eigenvalue weighted by atomic mass is 10.0. The van der Waals surface area contributed by atoms with Crippen LogP contribution in [0.1, 0.15) is 65.9 Å². The number of aromatic nitrogens is 2. The highest BCUT2D eigenvalue weighted by Crippen LogP contribution is 2.40. The molecule has 3 N–H and O–H groups in total. The van der Waals surface area contributed by atoms with Crippen LogP contribution in [0.15, 0.2) is 47.5 Å². The monoisotopic (exact) mass is 666 g/mol. The molecule has 8 rings (SSSR count). The first-order chi connectivity index (χ1) is 23.7. The number of hydrogen-bond acceptors (Lipinski definition) is 11. The number of H-pyrrole nitrogens is 1. The highest BCUT2D eigenvalue weighted by Gasteiger charge is 2.45. The molecule has 254 valence electrons. The van der Waals surface area contributed by atoms with Gasteiger partial charge in [0.2, 0.25) is 11.8 Å². The Morgan fingerprint density at radius 3 is 2.61 bits per heavy atom. The fraction of sp³-hybridized carbons (Fsp3) is 0.429. The Bertz CT molecular complexity index is 1950. The largest absolute Gasteiger partial charge is 0.492 e. The first-order valence-electron chi connectivity index (χ1n) is 16.8. The number of benzene rings is 2. The predicted molar refractivity (Wildman–Crippen MR) is 179 cm³/mol. The molecule has 1 aromatic heterocycles. The Balaban J connectivity index is 0.868. The van der Waals surface area contributed by atoms with Crippen LogP contribution < -0.4 is 20.1 Å². The lowest BCUT2D eigenvalue weighted by Crippen LogP contribution is -2.54. The minimum Gasteiger partial charge on any atom is -0.492 e. The Kier molecular flexibility index (Phi) is 7.62. The molecule has 0 radical (unpaired) electrons. The van der Waals surface area contributed by atoms with Gasteiger partial charge < -0.3 is 19.7 Å². The number of fused-ring (bicyclic) bond motifs is 2. The Morgan fingerprint density at radius 1 is 1.00 bits per heavy atom. The third kappa shape index (κ3) is 5.90. The van der Waals surface area contributed by atoms with Crippen LogP contribution >= 0.6 is 0 Å². The fourth-order valence-corrected chi connectivity index (χ4v) is 6.96. The predicted octanol–water partition coefficient (Wildman–Crippen LogP) is 2.28. The molecule has 3 fully saturated rings. The number of aliphatic imine (C=N–C) groups is 1. The van der Waals surface area contributed by atoms with Crippen molar-refractivity contribution in [3.05, 3.63) is 59.3 Å². The zero-order chi connectivity index (χ0) is 33.9. The molecule has 5 heterocycles.